The molecule has 5 heteroatoms. The molecule has 0 aromatic heterocycles. The fraction of sp³-hybridized carbons (Fsp3) is 0.211. The molecule has 1 heterocycles. The number of hydrogen-bond donors (Lipinski definition) is 1. The number of rotatable bonds is 7. The molecule has 1 amide bonds. The van der Waals surface area contributed by atoms with E-state index in [4.69, 9.17) is 14.2 Å². The second-order valence-electron chi connectivity index (χ2n) is 5.28. The second kappa shape index (κ2) is 8.17. The molecule has 1 N–H and O–H groups in total. The number of fused-ring (bicyclic) bond motifs is 1. The Bertz CT molecular complexity index is 713. The van der Waals surface area contributed by atoms with E-state index in [1.165, 1.54) is 6.08 Å². The van der Waals surface area contributed by atoms with E-state index >= 15 is 0 Å². The Kier molecular flexibility index (Phi) is 5.48. The van der Waals surface area contributed by atoms with Gasteiger partial charge in [-0.25, -0.2) is 0 Å². The van der Waals surface area contributed by atoms with Crippen molar-refractivity contribution in [1.82, 2.24) is 5.32 Å². The molecular formula is C19H19NO4. The van der Waals surface area contributed by atoms with Gasteiger partial charge >= 0.3 is 0 Å². The maximum absolute atomic E-state index is 11.8. The zero-order valence-corrected chi connectivity index (χ0v) is 13.2. The van der Waals surface area contributed by atoms with Crippen molar-refractivity contribution < 1.29 is 19.0 Å². The van der Waals surface area contributed by atoms with Gasteiger partial charge in [0.05, 0.1) is 13.2 Å². The van der Waals surface area contributed by atoms with Crippen LogP contribution in [-0.2, 0) is 16.1 Å². The van der Waals surface area contributed by atoms with Gasteiger partial charge in [-0.2, -0.15) is 0 Å². The molecule has 0 atom stereocenters. The molecule has 0 unspecified atom stereocenters. The van der Waals surface area contributed by atoms with Crippen molar-refractivity contribution in [3.05, 3.63) is 65.7 Å². The molecule has 0 fully saturated rings. The lowest BCUT2D eigenvalue weighted by molar-refractivity contribution is -0.116. The highest BCUT2D eigenvalue weighted by Gasteiger charge is 2.12. The molecule has 0 radical (unpaired) electrons. The Morgan fingerprint density at radius 1 is 1.12 bits per heavy atom. The lowest BCUT2D eigenvalue weighted by Gasteiger charge is -2.05. The summed E-state index contributed by atoms with van der Waals surface area (Å²) < 4.78 is 16.1. The fourth-order valence-corrected chi connectivity index (χ4v) is 2.26. The van der Waals surface area contributed by atoms with E-state index in [2.05, 4.69) is 5.32 Å². The van der Waals surface area contributed by atoms with E-state index in [-0.39, 0.29) is 12.7 Å². The molecule has 124 valence electrons. The molecular weight excluding hydrogens is 306 g/mol. The number of nitrogens with one attached hydrogen (secondary N) is 1. The number of carbonyl (C=O) groups excluding carboxylic acids is 1. The van der Waals surface area contributed by atoms with Crippen molar-refractivity contribution in [2.24, 2.45) is 0 Å². The van der Waals surface area contributed by atoms with E-state index < -0.39 is 0 Å². The molecule has 1 aliphatic rings. The van der Waals surface area contributed by atoms with Crippen molar-refractivity contribution in [3.8, 4) is 11.5 Å². The van der Waals surface area contributed by atoms with Crippen LogP contribution in [0.4, 0.5) is 0 Å². The summed E-state index contributed by atoms with van der Waals surface area (Å²) in [6, 6.07) is 15.5. The van der Waals surface area contributed by atoms with Gasteiger partial charge in [0, 0.05) is 12.6 Å². The Balaban J connectivity index is 1.36. The van der Waals surface area contributed by atoms with Crippen molar-refractivity contribution in [2.45, 2.75) is 6.61 Å². The first-order chi connectivity index (χ1) is 11.8. The zero-order chi connectivity index (χ0) is 16.6. The number of hydrogen-bond acceptors (Lipinski definition) is 4. The van der Waals surface area contributed by atoms with Crippen molar-refractivity contribution >= 4 is 12.0 Å². The van der Waals surface area contributed by atoms with Gasteiger partial charge in [0.1, 0.15) is 0 Å². The summed E-state index contributed by atoms with van der Waals surface area (Å²) in [7, 11) is 0. The van der Waals surface area contributed by atoms with E-state index in [0.717, 1.165) is 16.9 Å². The smallest absolute Gasteiger partial charge is 0.244 e. The highest BCUT2D eigenvalue weighted by atomic mass is 16.7. The maximum atomic E-state index is 11.8. The van der Waals surface area contributed by atoms with Crippen molar-refractivity contribution in [1.29, 1.82) is 0 Å². The van der Waals surface area contributed by atoms with Gasteiger partial charge in [0.15, 0.2) is 11.5 Å². The van der Waals surface area contributed by atoms with Gasteiger partial charge in [-0.3, -0.25) is 4.79 Å². The predicted octanol–water partition coefficient (Wildman–Crippen LogP) is 2.76. The van der Waals surface area contributed by atoms with Crippen LogP contribution in [-0.4, -0.2) is 25.9 Å². The molecule has 5 nitrogen and oxygen atoms in total. The summed E-state index contributed by atoms with van der Waals surface area (Å²) in [4.78, 5) is 11.8. The lowest BCUT2D eigenvalue weighted by atomic mass is 10.2. The molecule has 2 aromatic carbocycles. The van der Waals surface area contributed by atoms with Crippen LogP contribution < -0.4 is 14.8 Å². The first kappa shape index (κ1) is 16.1. The van der Waals surface area contributed by atoms with Crippen LogP contribution in [0, 0.1) is 0 Å². The van der Waals surface area contributed by atoms with Crippen molar-refractivity contribution in [3.63, 3.8) is 0 Å². The van der Waals surface area contributed by atoms with Gasteiger partial charge in [0.25, 0.3) is 0 Å². The number of ether oxygens (including phenoxy) is 3. The van der Waals surface area contributed by atoms with Gasteiger partial charge in [-0.1, -0.05) is 36.4 Å². The normalized spacial score (nSPS) is 12.5. The maximum Gasteiger partial charge on any atom is 0.244 e. The van der Waals surface area contributed by atoms with Crippen LogP contribution >= 0.6 is 0 Å². The summed E-state index contributed by atoms with van der Waals surface area (Å²) >= 11 is 0. The van der Waals surface area contributed by atoms with Crippen LogP contribution in [0.1, 0.15) is 11.1 Å². The van der Waals surface area contributed by atoms with Gasteiger partial charge in [0.2, 0.25) is 12.7 Å². The quantitative estimate of drug-likeness (QED) is 0.628. The predicted molar refractivity (Wildman–Crippen MR) is 90.7 cm³/mol. The highest BCUT2D eigenvalue weighted by Crippen LogP contribution is 2.32. The van der Waals surface area contributed by atoms with E-state index in [1.807, 2.05) is 48.5 Å². The van der Waals surface area contributed by atoms with Gasteiger partial charge in [-0.15, -0.1) is 0 Å². The minimum atomic E-state index is -0.157. The minimum Gasteiger partial charge on any atom is -0.454 e. The summed E-state index contributed by atoms with van der Waals surface area (Å²) in [5, 5.41) is 2.78. The third-order valence-corrected chi connectivity index (χ3v) is 3.48. The van der Waals surface area contributed by atoms with Gasteiger partial charge < -0.3 is 19.5 Å². The average molecular weight is 325 g/mol. The molecule has 1 aliphatic heterocycles. The number of carbonyl (C=O) groups is 1. The molecule has 3 rings (SSSR count). The third kappa shape index (κ3) is 4.60. The summed E-state index contributed by atoms with van der Waals surface area (Å²) in [6.45, 7) is 1.73. The molecule has 0 saturated carbocycles. The molecule has 2 aromatic rings. The zero-order valence-electron chi connectivity index (χ0n) is 13.2. The van der Waals surface area contributed by atoms with Crippen LogP contribution in [0.3, 0.4) is 0 Å². The first-order valence-corrected chi connectivity index (χ1v) is 7.78. The standard InChI is InChI=1S/C19H19NO4/c21-19(20-10-11-22-13-16-4-2-1-3-5-16)9-7-15-6-8-17-18(12-15)24-14-23-17/h1-9,12H,10-11,13-14H2,(H,20,21)/b9-7+. The van der Waals surface area contributed by atoms with E-state index in [9.17, 15) is 4.79 Å². The number of amides is 1. The Morgan fingerprint density at radius 2 is 1.96 bits per heavy atom. The molecule has 0 aliphatic carbocycles. The lowest BCUT2D eigenvalue weighted by Crippen LogP contribution is -2.25. The van der Waals surface area contributed by atoms with Crippen molar-refractivity contribution in [2.75, 3.05) is 19.9 Å². The summed E-state index contributed by atoms with van der Waals surface area (Å²) in [5.74, 6) is 1.27. The highest BCUT2D eigenvalue weighted by molar-refractivity contribution is 5.91. The molecule has 0 bridgehead atoms. The minimum absolute atomic E-state index is 0.157. The summed E-state index contributed by atoms with van der Waals surface area (Å²) in [5.41, 5.74) is 2.00. The fourth-order valence-electron chi connectivity index (χ4n) is 2.26. The monoisotopic (exact) mass is 325 g/mol. The molecule has 24 heavy (non-hydrogen) atoms. The van der Waals surface area contributed by atoms with Crippen LogP contribution in [0.25, 0.3) is 6.08 Å². The van der Waals surface area contributed by atoms with Crippen LogP contribution in [0.15, 0.2) is 54.6 Å². The number of benzene rings is 2. The molecule has 0 saturated heterocycles. The molecule has 0 spiro atoms. The average Bonchev–Trinajstić information content (AvgIpc) is 3.08. The van der Waals surface area contributed by atoms with E-state index in [1.54, 1.807) is 6.08 Å². The summed E-state index contributed by atoms with van der Waals surface area (Å²) in [6.07, 6.45) is 3.23. The Hall–Kier alpha value is -2.79. The van der Waals surface area contributed by atoms with Gasteiger partial charge in [-0.05, 0) is 29.3 Å². The largest absolute Gasteiger partial charge is 0.454 e. The van der Waals surface area contributed by atoms with E-state index in [0.29, 0.717) is 25.5 Å². The third-order valence-electron chi connectivity index (χ3n) is 3.48. The Morgan fingerprint density at radius 3 is 2.83 bits per heavy atom. The SMILES string of the molecule is O=C(/C=C/c1ccc2c(c1)OCO2)NCCOCc1ccccc1. The Labute approximate surface area is 140 Å². The van der Waals surface area contributed by atoms with Crippen LogP contribution in [0.2, 0.25) is 0 Å². The topological polar surface area (TPSA) is 56.8 Å². The first-order valence-electron chi connectivity index (χ1n) is 7.78. The second-order valence-corrected chi connectivity index (χ2v) is 5.28. The van der Waals surface area contributed by atoms with Crippen LogP contribution in [0.5, 0.6) is 11.5 Å².